The summed E-state index contributed by atoms with van der Waals surface area (Å²) in [5.74, 6) is -1.02. The fourth-order valence-corrected chi connectivity index (χ4v) is 1.71. The second kappa shape index (κ2) is 6.77. The van der Waals surface area contributed by atoms with Gasteiger partial charge in [0.25, 0.3) is 5.91 Å². The van der Waals surface area contributed by atoms with Crippen molar-refractivity contribution in [2.75, 3.05) is 13.1 Å². The Morgan fingerprint density at radius 2 is 2.05 bits per heavy atom. The normalized spacial score (nSPS) is 11.0. The molecule has 0 bridgehead atoms. The number of hydrogen-bond acceptors (Lipinski definition) is 3. The van der Waals surface area contributed by atoms with Crippen LogP contribution < -0.4 is 0 Å². The first-order valence-electron chi connectivity index (χ1n) is 5.29. The highest BCUT2D eigenvalue weighted by atomic mass is 35.5. The van der Waals surface area contributed by atoms with Crippen LogP contribution in [0.1, 0.15) is 16.9 Å². The maximum Gasteiger partial charge on any atom is 0.406 e. The first-order chi connectivity index (χ1) is 9.24. The molecule has 0 saturated carbocycles. The fourth-order valence-electron chi connectivity index (χ4n) is 1.37. The number of nitrogens with zero attached hydrogens (tertiary/aromatic N) is 3. The zero-order chi connectivity index (χ0) is 15.3. The molecule has 9 heteroatoms. The third kappa shape index (κ3) is 4.87. The number of halogens is 5. The summed E-state index contributed by atoms with van der Waals surface area (Å²) in [6, 6.07) is 4.25. The number of alkyl halides is 3. The first kappa shape index (κ1) is 16.5. The molecule has 1 amide bonds. The molecule has 1 aromatic heterocycles. The lowest BCUT2D eigenvalue weighted by Crippen LogP contribution is -2.40. The zero-order valence-corrected chi connectivity index (χ0v) is 11.4. The SMILES string of the molecule is N#CCCN(CC(F)(F)F)C(=O)c1nc(Cl)ccc1Cl. The van der Waals surface area contributed by atoms with Crippen LogP contribution in [0.15, 0.2) is 12.1 Å². The third-order valence-corrected chi connectivity index (χ3v) is 2.68. The molecule has 4 nitrogen and oxygen atoms in total. The van der Waals surface area contributed by atoms with Gasteiger partial charge in [0.05, 0.1) is 17.5 Å². The number of aromatic nitrogens is 1. The van der Waals surface area contributed by atoms with Crippen molar-refractivity contribution in [1.82, 2.24) is 9.88 Å². The van der Waals surface area contributed by atoms with Crippen molar-refractivity contribution in [3.05, 3.63) is 28.0 Å². The minimum Gasteiger partial charge on any atom is -0.327 e. The lowest BCUT2D eigenvalue weighted by Gasteiger charge is -2.22. The van der Waals surface area contributed by atoms with Crippen molar-refractivity contribution in [1.29, 1.82) is 5.26 Å². The Morgan fingerprint density at radius 1 is 1.40 bits per heavy atom. The average Bonchev–Trinajstić information content (AvgIpc) is 2.35. The van der Waals surface area contributed by atoms with E-state index >= 15 is 0 Å². The van der Waals surface area contributed by atoms with Crippen LogP contribution in [0.2, 0.25) is 10.2 Å². The molecule has 1 rings (SSSR count). The van der Waals surface area contributed by atoms with Crippen molar-refractivity contribution in [3.8, 4) is 6.07 Å². The molecule has 0 atom stereocenters. The number of rotatable bonds is 4. The number of amides is 1. The summed E-state index contributed by atoms with van der Waals surface area (Å²) in [5, 5.41) is 8.26. The van der Waals surface area contributed by atoms with Gasteiger partial charge in [-0.3, -0.25) is 4.79 Å². The van der Waals surface area contributed by atoms with E-state index in [-0.39, 0.29) is 28.8 Å². The van der Waals surface area contributed by atoms with Gasteiger partial charge in [-0.25, -0.2) is 4.98 Å². The van der Waals surface area contributed by atoms with Gasteiger partial charge in [0.15, 0.2) is 0 Å². The Hall–Kier alpha value is -1.52. The van der Waals surface area contributed by atoms with Crippen LogP contribution >= 0.6 is 23.2 Å². The Kier molecular flexibility index (Phi) is 5.60. The highest BCUT2D eigenvalue weighted by Crippen LogP contribution is 2.22. The third-order valence-electron chi connectivity index (χ3n) is 2.17. The van der Waals surface area contributed by atoms with Gasteiger partial charge in [0.1, 0.15) is 17.4 Å². The molecule has 108 valence electrons. The average molecular weight is 326 g/mol. The summed E-state index contributed by atoms with van der Waals surface area (Å²) < 4.78 is 37.3. The highest BCUT2D eigenvalue weighted by Gasteiger charge is 2.34. The van der Waals surface area contributed by atoms with E-state index in [1.165, 1.54) is 12.1 Å². The minimum atomic E-state index is -4.59. The molecule has 20 heavy (non-hydrogen) atoms. The minimum absolute atomic E-state index is 0.0648. The molecule has 0 N–H and O–H groups in total. The van der Waals surface area contributed by atoms with Crippen LogP contribution in [0.3, 0.4) is 0 Å². The summed E-state index contributed by atoms with van der Waals surface area (Å²) in [7, 11) is 0. The van der Waals surface area contributed by atoms with Crippen LogP contribution in [0, 0.1) is 11.3 Å². The molecular formula is C11H8Cl2F3N3O. The Labute approximate surface area is 122 Å². The second-order valence-electron chi connectivity index (χ2n) is 3.71. The smallest absolute Gasteiger partial charge is 0.327 e. The van der Waals surface area contributed by atoms with Gasteiger partial charge in [0.2, 0.25) is 0 Å². The van der Waals surface area contributed by atoms with Crippen molar-refractivity contribution in [2.24, 2.45) is 0 Å². The Balaban J connectivity index is 3.03. The van der Waals surface area contributed by atoms with Gasteiger partial charge in [0, 0.05) is 6.54 Å². The molecule has 0 radical (unpaired) electrons. The van der Waals surface area contributed by atoms with E-state index in [1.807, 2.05) is 0 Å². The quantitative estimate of drug-likeness (QED) is 0.798. The van der Waals surface area contributed by atoms with Crippen molar-refractivity contribution >= 4 is 29.1 Å². The van der Waals surface area contributed by atoms with Crippen LogP contribution in [0.4, 0.5) is 13.2 Å². The molecule has 0 unspecified atom stereocenters. The maximum absolute atomic E-state index is 12.4. The molecule has 0 spiro atoms. The summed E-state index contributed by atoms with van der Waals surface area (Å²) in [6.07, 6.45) is -4.82. The standard InChI is InChI=1S/C11H8Cl2F3N3O/c12-7-2-3-8(13)18-9(7)10(20)19(5-1-4-17)6-11(14,15)16/h2-3H,1,5-6H2. The van der Waals surface area contributed by atoms with Crippen LogP contribution in [-0.2, 0) is 0 Å². The van der Waals surface area contributed by atoms with E-state index in [0.29, 0.717) is 4.90 Å². The highest BCUT2D eigenvalue weighted by molar-refractivity contribution is 6.34. The predicted molar refractivity (Wildman–Crippen MR) is 66.4 cm³/mol. The van der Waals surface area contributed by atoms with Crippen LogP contribution in [0.5, 0.6) is 0 Å². The largest absolute Gasteiger partial charge is 0.406 e. The molecule has 0 aliphatic rings. The first-order valence-corrected chi connectivity index (χ1v) is 6.05. The Bertz CT molecular complexity index is 543. The zero-order valence-electron chi connectivity index (χ0n) is 9.92. The van der Waals surface area contributed by atoms with Gasteiger partial charge in [-0.15, -0.1) is 0 Å². The van der Waals surface area contributed by atoms with E-state index < -0.39 is 18.6 Å². The van der Waals surface area contributed by atoms with Gasteiger partial charge in [-0.05, 0) is 12.1 Å². The van der Waals surface area contributed by atoms with E-state index in [1.54, 1.807) is 6.07 Å². The van der Waals surface area contributed by atoms with Gasteiger partial charge < -0.3 is 4.90 Å². The molecule has 1 heterocycles. The van der Waals surface area contributed by atoms with E-state index in [4.69, 9.17) is 28.5 Å². The number of pyridine rings is 1. The van der Waals surface area contributed by atoms with Gasteiger partial charge in [-0.1, -0.05) is 23.2 Å². The molecule has 0 aromatic carbocycles. The molecule has 0 fully saturated rings. The molecule has 0 aliphatic carbocycles. The number of carbonyl (C=O) groups is 1. The monoisotopic (exact) mass is 325 g/mol. The fraction of sp³-hybridized carbons (Fsp3) is 0.364. The van der Waals surface area contributed by atoms with Crippen molar-refractivity contribution in [3.63, 3.8) is 0 Å². The summed E-state index contributed by atoms with van der Waals surface area (Å²) in [4.78, 5) is 16.1. The molecular weight excluding hydrogens is 318 g/mol. The van der Waals surface area contributed by atoms with E-state index in [2.05, 4.69) is 4.98 Å². The van der Waals surface area contributed by atoms with Crippen LogP contribution in [0.25, 0.3) is 0 Å². The Morgan fingerprint density at radius 3 is 2.60 bits per heavy atom. The second-order valence-corrected chi connectivity index (χ2v) is 4.51. The lowest BCUT2D eigenvalue weighted by molar-refractivity contribution is -0.140. The number of carbonyl (C=O) groups excluding carboxylic acids is 1. The van der Waals surface area contributed by atoms with E-state index in [0.717, 1.165) is 0 Å². The summed E-state index contributed by atoms with van der Waals surface area (Å²) in [6.45, 7) is -1.86. The topological polar surface area (TPSA) is 57.0 Å². The van der Waals surface area contributed by atoms with Crippen molar-refractivity contribution in [2.45, 2.75) is 12.6 Å². The van der Waals surface area contributed by atoms with Crippen LogP contribution in [-0.4, -0.2) is 35.1 Å². The molecule has 1 aromatic rings. The lowest BCUT2D eigenvalue weighted by atomic mass is 10.3. The summed E-state index contributed by atoms with van der Waals surface area (Å²) in [5.41, 5.74) is -0.374. The molecule has 0 aliphatic heterocycles. The van der Waals surface area contributed by atoms with Crippen molar-refractivity contribution < 1.29 is 18.0 Å². The van der Waals surface area contributed by atoms with Gasteiger partial charge >= 0.3 is 6.18 Å². The van der Waals surface area contributed by atoms with E-state index in [9.17, 15) is 18.0 Å². The predicted octanol–water partition coefficient (Wildman–Crippen LogP) is 3.31. The molecule has 0 saturated heterocycles. The number of nitriles is 1. The summed E-state index contributed by atoms with van der Waals surface area (Å²) >= 11 is 11.3. The maximum atomic E-state index is 12.4. The number of hydrogen-bond donors (Lipinski definition) is 0. The van der Waals surface area contributed by atoms with Gasteiger partial charge in [-0.2, -0.15) is 18.4 Å².